The summed E-state index contributed by atoms with van der Waals surface area (Å²) in [4.78, 5) is 0.271. The third-order valence-electron chi connectivity index (χ3n) is 2.50. The van der Waals surface area contributed by atoms with Gasteiger partial charge in [0.25, 0.3) is 0 Å². The molecule has 0 unspecified atom stereocenters. The highest BCUT2D eigenvalue weighted by molar-refractivity contribution is 7.80. The predicted molar refractivity (Wildman–Crippen MR) is 79.9 cm³/mol. The summed E-state index contributed by atoms with van der Waals surface area (Å²) in [5.74, 6) is 1.30. The molecule has 0 aliphatic rings. The van der Waals surface area contributed by atoms with Crippen LogP contribution in [0.5, 0.6) is 11.5 Å². The summed E-state index contributed by atoms with van der Waals surface area (Å²) in [6.45, 7) is 2.96. The first kappa shape index (κ1) is 13.8. The van der Waals surface area contributed by atoms with Gasteiger partial charge in [-0.05, 0) is 18.6 Å². The largest absolute Gasteiger partial charge is 0.454 e. The van der Waals surface area contributed by atoms with E-state index in [0.29, 0.717) is 22.1 Å². The van der Waals surface area contributed by atoms with Crippen LogP contribution in [0, 0.1) is 0 Å². The summed E-state index contributed by atoms with van der Waals surface area (Å²) < 4.78 is 7.50. The average Bonchev–Trinajstić information content (AvgIpc) is 2.76. The number of aryl methyl sites for hydroxylation is 1. The smallest absolute Gasteiger partial charge is 0.165 e. The highest BCUT2D eigenvalue weighted by atomic mass is 35.5. The molecule has 2 rings (SSSR count). The van der Waals surface area contributed by atoms with Gasteiger partial charge in [0.15, 0.2) is 5.75 Å². The number of hydrogen-bond acceptors (Lipinski definition) is 3. The maximum atomic E-state index is 6.08. The molecular formula is C13H14ClN3OS. The number of nitrogens with zero attached hydrogens (tertiary/aromatic N) is 2. The Labute approximate surface area is 122 Å². The van der Waals surface area contributed by atoms with Crippen molar-refractivity contribution in [1.29, 1.82) is 0 Å². The van der Waals surface area contributed by atoms with Gasteiger partial charge in [0.05, 0.1) is 17.4 Å². The van der Waals surface area contributed by atoms with Gasteiger partial charge in [-0.1, -0.05) is 30.7 Å². The van der Waals surface area contributed by atoms with E-state index in [2.05, 4.69) is 12.0 Å². The number of rotatable bonds is 5. The Bertz CT molecular complexity index is 597. The quantitative estimate of drug-likeness (QED) is 0.859. The first-order valence-corrected chi connectivity index (χ1v) is 6.68. The summed E-state index contributed by atoms with van der Waals surface area (Å²) in [5.41, 5.74) is 6.19. The van der Waals surface area contributed by atoms with Crippen molar-refractivity contribution in [2.75, 3.05) is 0 Å². The van der Waals surface area contributed by atoms with Gasteiger partial charge in [0.1, 0.15) is 10.7 Å². The van der Waals surface area contributed by atoms with Crippen LogP contribution >= 0.6 is 23.8 Å². The minimum absolute atomic E-state index is 0.271. The molecule has 0 radical (unpaired) electrons. The van der Waals surface area contributed by atoms with Crippen LogP contribution in [0.2, 0.25) is 5.02 Å². The van der Waals surface area contributed by atoms with Gasteiger partial charge in [0.2, 0.25) is 0 Å². The molecule has 1 aromatic heterocycles. The fourth-order valence-electron chi connectivity index (χ4n) is 1.64. The van der Waals surface area contributed by atoms with Crippen molar-refractivity contribution in [2.45, 2.75) is 19.9 Å². The Morgan fingerprint density at radius 2 is 2.26 bits per heavy atom. The second-order valence-corrected chi connectivity index (χ2v) is 4.89. The topological polar surface area (TPSA) is 53.1 Å². The molecule has 0 amide bonds. The van der Waals surface area contributed by atoms with Crippen molar-refractivity contribution in [2.24, 2.45) is 5.73 Å². The molecule has 1 heterocycles. The first-order valence-electron chi connectivity index (χ1n) is 5.90. The van der Waals surface area contributed by atoms with Crippen LogP contribution < -0.4 is 10.5 Å². The Morgan fingerprint density at radius 1 is 1.47 bits per heavy atom. The number of ether oxygens (including phenoxy) is 1. The van der Waals surface area contributed by atoms with E-state index in [1.165, 1.54) is 0 Å². The minimum Gasteiger partial charge on any atom is -0.454 e. The molecule has 0 aliphatic carbocycles. The third-order valence-corrected chi connectivity index (χ3v) is 3.04. The van der Waals surface area contributed by atoms with E-state index in [-0.39, 0.29) is 4.99 Å². The van der Waals surface area contributed by atoms with E-state index in [4.69, 9.17) is 34.3 Å². The lowest BCUT2D eigenvalue weighted by molar-refractivity contribution is 0.480. The Morgan fingerprint density at radius 3 is 2.89 bits per heavy atom. The van der Waals surface area contributed by atoms with Crippen LogP contribution in [0.1, 0.15) is 18.9 Å². The normalized spacial score (nSPS) is 10.4. The van der Waals surface area contributed by atoms with Crippen LogP contribution in [0.3, 0.4) is 0 Å². The van der Waals surface area contributed by atoms with E-state index in [1.807, 2.05) is 10.9 Å². The lowest BCUT2D eigenvalue weighted by Crippen LogP contribution is -2.09. The van der Waals surface area contributed by atoms with E-state index in [9.17, 15) is 0 Å². The van der Waals surface area contributed by atoms with Crippen molar-refractivity contribution in [3.63, 3.8) is 0 Å². The molecule has 6 heteroatoms. The van der Waals surface area contributed by atoms with Crippen LogP contribution in [0.15, 0.2) is 30.6 Å². The number of halogens is 1. The van der Waals surface area contributed by atoms with Gasteiger partial charge >= 0.3 is 0 Å². The van der Waals surface area contributed by atoms with Crippen molar-refractivity contribution in [3.8, 4) is 11.5 Å². The maximum absolute atomic E-state index is 6.08. The van der Waals surface area contributed by atoms with Gasteiger partial charge in [-0.2, -0.15) is 5.10 Å². The molecule has 19 heavy (non-hydrogen) atoms. The molecule has 2 N–H and O–H groups in total. The number of thiocarbonyl (C=S) groups is 1. The van der Waals surface area contributed by atoms with Gasteiger partial charge in [-0.3, -0.25) is 4.68 Å². The van der Waals surface area contributed by atoms with Gasteiger partial charge in [-0.15, -0.1) is 0 Å². The Balaban J connectivity index is 2.14. The molecule has 1 aromatic carbocycles. The molecule has 0 saturated carbocycles. The number of hydrogen-bond donors (Lipinski definition) is 1. The average molecular weight is 296 g/mol. The van der Waals surface area contributed by atoms with Crippen LogP contribution in [0.4, 0.5) is 0 Å². The van der Waals surface area contributed by atoms with Crippen LogP contribution in [0.25, 0.3) is 0 Å². The summed E-state index contributed by atoms with van der Waals surface area (Å²) in [5, 5.41) is 4.67. The zero-order chi connectivity index (χ0) is 13.8. The maximum Gasteiger partial charge on any atom is 0.165 e. The Hall–Kier alpha value is -1.59. The first-order chi connectivity index (χ1) is 9.10. The lowest BCUT2D eigenvalue weighted by Gasteiger charge is -2.06. The molecule has 0 aliphatic heterocycles. The predicted octanol–water partition coefficient (Wildman–Crippen LogP) is 3.37. The summed E-state index contributed by atoms with van der Waals surface area (Å²) in [6.07, 6.45) is 4.54. The zero-order valence-electron chi connectivity index (χ0n) is 10.5. The van der Waals surface area contributed by atoms with Crippen molar-refractivity contribution >= 4 is 28.8 Å². The van der Waals surface area contributed by atoms with Gasteiger partial charge < -0.3 is 10.5 Å². The fourth-order valence-corrected chi connectivity index (χ4v) is 2.15. The third kappa shape index (κ3) is 3.45. The minimum atomic E-state index is 0.271. The molecule has 4 nitrogen and oxygen atoms in total. The SMILES string of the molecule is CCCn1cc(Oc2ccc(C(N)=S)c(Cl)c2)cn1. The van der Waals surface area contributed by atoms with Crippen molar-refractivity contribution in [1.82, 2.24) is 9.78 Å². The van der Waals surface area contributed by atoms with Crippen LogP contribution in [-0.2, 0) is 6.54 Å². The number of nitrogens with two attached hydrogens (primary N) is 1. The second kappa shape index (κ2) is 6.04. The van der Waals surface area contributed by atoms with Crippen LogP contribution in [-0.4, -0.2) is 14.8 Å². The van der Waals surface area contributed by atoms with Gasteiger partial charge in [0, 0.05) is 18.2 Å². The zero-order valence-corrected chi connectivity index (χ0v) is 12.0. The summed E-state index contributed by atoms with van der Waals surface area (Å²) >= 11 is 11.0. The summed E-state index contributed by atoms with van der Waals surface area (Å²) in [7, 11) is 0. The molecular weight excluding hydrogens is 282 g/mol. The number of aromatic nitrogens is 2. The van der Waals surface area contributed by atoms with Crippen molar-refractivity contribution < 1.29 is 4.74 Å². The van der Waals surface area contributed by atoms with E-state index >= 15 is 0 Å². The fraction of sp³-hybridized carbons (Fsp3) is 0.231. The highest BCUT2D eigenvalue weighted by Crippen LogP contribution is 2.26. The van der Waals surface area contributed by atoms with E-state index in [1.54, 1.807) is 24.4 Å². The van der Waals surface area contributed by atoms with Crippen molar-refractivity contribution in [3.05, 3.63) is 41.2 Å². The van der Waals surface area contributed by atoms with E-state index in [0.717, 1.165) is 13.0 Å². The molecule has 2 aromatic rings. The Kier molecular flexibility index (Phi) is 4.39. The summed E-state index contributed by atoms with van der Waals surface area (Å²) in [6, 6.07) is 5.21. The standard InChI is InChI=1S/C13H14ClN3OS/c1-2-5-17-8-10(7-16-17)18-9-3-4-11(13(15)19)12(14)6-9/h3-4,6-8H,2,5H2,1H3,(H2,15,19). The highest BCUT2D eigenvalue weighted by Gasteiger charge is 2.06. The molecule has 0 saturated heterocycles. The van der Waals surface area contributed by atoms with Gasteiger partial charge in [-0.25, -0.2) is 0 Å². The molecule has 0 bridgehead atoms. The molecule has 100 valence electrons. The number of benzene rings is 1. The molecule has 0 atom stereocenters. The van der Waals surface area contributed by atoms with E-state index < -0.39 is 0 Å². The molecule has 0 fully saturated rings. The molecule has 0 spiro atoms. The second-order valence-electron chi connectivity index (χ2n) is 4.05. The lowest BCUT2D eigenvalue weighted by atomic mass is 10.2. The monoisotopic (exact) mass is 295 g/mol.